The van der Waals surface area contributed by atoms with E-state index >= 15 is 0 Å². The second kappa shape index (κ2) is 6.35. The summed E-state index contributed by atoms with van der Waals surface area (Å²) in [6, 6.07) is 0. The van der Waals surface area contributed by atoms with E-state index in [4.69, 9.17) is 9.47 Å². The largest absolute Gasteiger partial charge is 0.348 e. The molecular weight excluding hydrogens is 182 g/mol. The smallest absolute Gasteiger partial charge is 0.330 e. The fraction of sp³-hybridized carbons (Fsp3) is 1.00. The highest BCUT2D eigenvalue weighted by Crippen LogP contribution is 2.12. The Kier molecular flexibility index (Phi) is 5.40. The van der Waals surface area contributed by atoms with Crippen molar-refractivity contribution >= 4 is 0 Å². The Bertz CT molecular complexity index is 144. The Labute approximate surface area is 85.6 Å². The Morgan fingerprint density at radius 2 is 1.86 bits per heavy atom. The first-order valence-corrected chi connectivity index (χ1v) is 5.52. The zero-order valence-electron chi connectivity index (χ0n) is 8.92. The van der Waals surface area contributed by atoms with Crippen LogP contribution in [0.4, 0.5) is 0 Å². The van der Waals surface area contributed by atoms with E-state index < -0.39 is 6.10 Å². The van der Waals surface area contributed by atoms with Gasteiger partial charge in [0.15, 0.2) is 0 Å². The summed E-state index contributed by atoms with van der Waals surface area (Å²) < 4.78 is 10.4. The van der Waals surface area contributed by atoms with Crippen molar-refractivity contribution in [2.24, 2.45) is 0 Å². The number of ether oxygens (including phenoxy) is 2. The van der Waals surface area contributed by atoms with Crippen LogP contribution < -0.4 is 5.32 Å². The number of nitrogens with one attached hydrogen (secondary N) is 1. The van der Waals surface area contributed by atoms with Crippen molar-refractivity contribution in [3.63, 3.8) is 0 Å². The molecule has 14 heavy (non-hydrogen) atoms. The lowest BCUT2D eigenvalue weighted by molar-refractivity contribution is -0.370. The SMILES string of the molecule is CCCCCNC1(O)OCCCCO1. The minimum Gasteiger partial charge on any atom is -0.330 e. The number of unbranched alkanes of at least 4 members (excludes halogenated alkanes) is 2. The van der Waals surface area contributed by atoms with Crippen molar-refractivity contribution in [2.45, 2.75) is 45.1 Å². The lowest BCUT2D eigenvalue weighted by Gasteiger charge is -2.26. The Balaban J connectivity index is 2.17. The van der Waals surface area contributed by atoms with Gasteiger partial charge in [0, 0.05) is 6.54 Å². The zero-order valence-corrected chi connectivity index (χ0v) is 8.92. The fourth-order valence-electron chi connectivity index (χ4n) is 1.39. The van der Waals surface area contributed by atoms with Gasteiger partial charge in [0.1, 0.15) is 0 Å². The van der Waals surface area contributed by atoms with E-state index in [9.17, 15) is 5.11 Å². The molecule has 1 aliphatic rings. The van der Waals surface area contributed by atoms with Crippen molar-refractivity contribution in [1.82, 2.24) is 5.32 Å². The number of aliphatic hydroxyl groups is 1. The Morgan fingerprint density at radius 1 is 1.21 bits per heavy atom. The van der Waals surface area contributed by atoms with E-state index in [2.05, 4.69) is 12.2 Å². The van der Waals surface area contributed by atoms with Gasteiger partial charge >= 0.3 is 6.10 Å². The van der Waals surface area contributed by atoms with Crippen LogP contribution in [0.25, 0.3) is 0 Å². The molecule has 0 amide bonds. The van der Waals surface area contributed by atoms with E-state index in [1.165, 1.54) is 6.42 Å². The molecule has 1 heterocycles. The standard InChI is InChI=1S/C10H21NO3/c1-2-3-4-7-11-10(12)13-8-5-6-9-14-10/h11-12H,2-9H2,1H3. The highest BCUT2D eigenvalue weighted by molar-refractivity contribution is 4.57. The molecule has 0 bridgehead atoms. The van der Waals surface area contributed by atoms with Crippen LogP contribution in [0.5, 0.6) is 0 Å². The van der Waals surface area contributed by atoms with Gasteiger partial charge in [-0.3, -0.25) is 0 Å². The monoisotopic (exact) mass is 203 g/mol. The van der Waals surface area contributed by atoms with Crippen molar-refractivity contribution in [1.29, 1.82) is 0 Å². The van der Waals surface area contributed by atoms with Gasteiger partial charge < -0.3 is 14.6 Å². The third-order valence-corrected chi connectivity index (χ3v) is 2.26. The number of hydrogen-bond acceptors (Lipinski definition) is 4. The topological polar surface area (TPSA) is 50.7 Å². The van der Waals surface area contributed by atoms with E-state index in [-0.39, 0.29) is 0 Å². The molecule has 2 N–H and O–H groups in total. The van der Waals surface area contributed by atoms with Crippen LogP contribution in [0, 0.1) is 0 Å². The molecule has 4 heteroatoms. The van der Waals surface area contributed by atoms with Crippen LogP contribution in [0.15, 0.2) is 0 Å². The molecule has 0 aromatic carbocycles. The van der Waals surface area contributed by atoms with Crippen LogP contribution in [0.2, 0.25) is 0 Å². The lowest BCUT2D eigenvalue weighted by atomic mass is 10.2. The van der Waals surface area contributed by atoms with E-state index in [0.29, 0.717) is 13.2 Å². The summed E-state index contributed by atoms with van der Waals surface area (Å²) in [6.45, 7) is 3.98. The molecule has 1 fully saturated rings. The molecule has 1 aliphatic heterocycles. The van der Waals surface area contributed by atoms with E-state index in [1.54, 1.807) is 0 Å². The van der Waals surface area contributed by atoms with Gasteiger partial charge in [0.25, 0.3) is 0 Å². The summed E-state index contributed by atoms with van der Waals surface area (Å²) >= 11 is 0. The first-order valence-electron chi connectivity index (χ1n) is 5.52. The molecular formula is C10H21NO3. The molecule has 0 aromatic heterocycles. The summed E-state index contributed by atoms with van der Waals surface area (Å²) in [7, 11) is 0. The summed E-state index contributed by atoms with van der Waals surface area (Å²) in [6.07, 6.45) is 3.71. The van der Waals surface area contributed by atoms with Gasteiger partial charge in [0.2, 0.25) is 0 Å². The van der Waals surface area contributed by atoms with E-state index in [0.717, 1.165) is 32.2 Å². The predicted octanol–water partition coefficient (Wildman–Crippen LogP) is 1.20. The molecule has 1 saturated heterocycles. The second-order valence-corrected chi connectivity index (χ2v) is 3.62. The van der Waals surface area contributed by atoms with Crippen LogP contribution in [-0.2, 0) is 9.47 Å². The van der Waals surface area contributed by atoms with Crippen molar-refractivity contribution in [2.75, 3.05) is 19.8 Å². The minimum atomic E-state index is -1.54. The van der Waals surface area contributed by atoms with Crippen LogP contribution in [0.3, 0.4) is 0 Å². The zero-order chi connectivity index (χ0) is 10.3. The van der Waals surface area contributed by atoms with Crippen LogP contribution >= 0.6 is 0 Å². The third-order valence-electron chi connectivity index (χ3n) is 2.26. The first kappa shape index (κ1) is 11.9. The van der Waals surface area contributed by atoms with Gasteiger partial charge in [-0.15, -0.1) is 0 Å². The fourth-order valence-corrected chi connectivity index (χ4v) is 1.39. The molecule has 1 rings (SSSR count). The van der Waals surface area contributed by atoms with Crippen molar-refractivity contribution < 1.29 is 14.6 Å². The average Bonchev–Trinajstić information content (AvgIpc) is 2.39. The molecule has 0 aliphatic carbocycles. The average molecular weight is 203 g/mol. The summed E-state index contributed by atoms with van der Waals surface area (Å²) in [5.41, 5.74) is 0. The maximum Gasteiger partial charge on any atom is 0.348 e. The normalized spacial score (nSPS) is 21.9. The summed E-state index contributed by atoms with van der Waals surface area (Å²) in [5, 5.41) is 12.7. The number of hydrogen-bond donors (Lipinski definition) is 2. The maximum absolute atomic E-state index is 9.80. The molecule has 0 unspecified atom stereocenters. The molecule has 0 aromatic rings. The Morgan fingerprint density at radius 3 is 2.43 bits per heavy atom. The van der Waals surface area contributed by atoms with Crippen molar-refractivity contribution in [3.05, 3.63) is 0 Å². The molecule has 0 radical (unpaired) electrons. The van der Waals surface area contributed by atoms with Gasteiger partial charge in [0.05, 0.1) is 13.2 Å². The van der Waals surface area contributed by atoms with Crippen molar-refractivity contribution in [3.8, 4) is 0 Å². The molecule has 84 valence electrons. The quantitative estimate of drug-likeness (QED) is 0.520. The van der Waals surface area contributed by atoms with Gasteiger partial charge in [-0.25, -0.2) is 5.32 Å². The molecule has 4 nitrogen and oxygen atoms in total. The maximum atomic E-state index is 9.80. The first-order chi connectivity index (χ1) is 6.77. The summed E-state index contributed by atoms with van der Waals surface area (Å²) in [5.74, 6) is 0. The van der Waals surface area contributed by atoms with Gasteiger partial charge in [-0.05, 0) is 19.3 Å². The van der Waals surface area contributed by atoms with Crippen LogP contribution in [0.1, 0.15) is 39.0 Å². The third kappa shape index (κ3) is 4.37. The predicted molar refractivity (Wildman–Crippen MR) is 53.6 cm³/mol. The van der Waals surface area contributed by atoms with Crippen LogP contribution in [-0.4, -0.2) is 31.0 Å². The summed E-state index contributed by atoms with van der Waals surface area (Å²) in [4.78, 5) is 0. The van der Waals surface area contributed by atoms with E-state index in [1.807, 2.05) is 0 Å². The lowest BCUT2D eigenvalue weighted by Crippen LogP contribution is -2.50. The highest BCUT2D eigenvalue weighted by Gasteiger charge is 2.29. The van der Waals surface area contributed by atoms with Gasteiger partial charge in [-0.2, -0.15) is 0 Å². The Hall–Kier alpha value is -0.160. The highest BCUT2D eigenvalue weighted by atomic mass is 16.8. The molecule has 0 spiro atoms. The minimum absolute atomic E-state index is 0.553. The molecule has 0 atom stereocenters. The molecule has 0 saturated carbocycles. The van der Waals surface area contributed by atoms with Gasteiger partial charge in [-0.1, -0.05) is 19.8 Å². The second-order valence-electron chi connectivity index (χ2n) is 3.62. The number of rotatable bonds is 5.